The highest BCUT2D eigenvalue weighted by Gasteiger charge is 2.21. The number of hydrogen-bond acceptors (Lipinski definition) is 2. The van der Waals surface area contributed by atoms with Crippen LogP contribution in [0.3, 0.4) is 0 Å². The van der Waals surface area contributed by atoms with E-state index in [0.717, 1.165) is 66.8 Å². The minimum Gasteiger partial charge on any atom is -0.454 e. The highest BCUT2D eigenvalue weighted by atomic mass is 16.3. The van der Waals surface area contributed by atoms with E-state index >= 15 is 0 Å². The van der Waals surface area contributed by atoms with Crippen molar-refractivity contribution in [1.29, 1.82) is 0 Å². The first-order valence-electron chi connectivity index (χ1n) is 27.8. The predicted octanol–water partition coefficient (Wildman–Crippen LogP) is 21.9. The van der Waals surface area contributed by atoms with Gasteiger partial charge in [-0.05, 0) is 167 Å². The maximum Gasteiger partial charge on any atom is 0.159 e. The summed E-state index contributed by atoms with van der Waals surface area (Å²) in [5.74, 6) is 0. The molecule has 0 aliphatic carbocycles. The van der Waals surface area contributed by atoms with E-state index < -0.39 is 0 Å². The summed E-state index contributed by atoms with van der Waals surface area (Å²) in [4.78, 5) is 2.32. The van der Waals surface area contributed by atoms with Crippen molar-refractivity contribution in [3.05, 3.63) is 303 Å². The number of hydrogen-bond donors (Lipinski definition) is 0. The third-order valence-electron chi connectivity index (χ3n) is 16.6. The summed E-state index contributed by atoms with van der Waals surface area (Å²) < 4.78 is 9.14. The Morgan fingerprint density at radius 3 is 1.17 bits per heavy atom. The minimum atomic E-state index is 0.855. The van der Waals surface area contributed by atoms with E-state index in [1.165, 1.54) is 87.6 Å². The van der Waals surface area contributed by atoms with Crippen LogP contribution < -0.4 is 4.90 Å². The highest BCUT2D eigenvalue weighted by molar-refractivity contribution is 6.26. The maximum absolute atomic E-state index is 6.69. The van der Waals surface area contributed by atoms with Crippen molar-refractivity contribution < 1.29 is 4.42 Å². The average molecular weight is 1030 g/mol. The Morgan fingerprint density at radius 1 is 0.235 bits per heavy atom. The minimum absolute atomic E-state index is 0.855. The van der Waals surface area contributed by atoms with Gasteiger partial charge in [0.15, 0.2) is 5.58 Å². The molecule has 3 heteroatoms. The topological polar surface area (TPSA) is 21.3 Å². The molecule has 14 aromatic carbocycles. The van der Waals surface area contributed by atoms with Gasteiger partial charge in [0, 0.05) is 38.6 Å². The Kier molecular flexibility index (Phi) is 10.9. The van der Waals surface area contributed by atoms with Crippen LogP contribution >= 0.6 is 0 Å². The van der Waals surface area contributed by atoms with Gasteiger partial charge in [-0.25, -0.2) is 0 Å². The fourth-order valence-corrected chi connectivity index (χ4v) is 12.6. The molecule has 2 aromatic heterocycles. The van der Waals surface area contributed by atoms with Gasteiger partial charge in [-0.15, -0.1) is 0 Å². The Balaban J connectivity index is 0.823. The summed E-state index contributed by atoms with van der Waals surface area (Å²) in [6.07, 6.45) is 0. The molecule has 0 bridgehead atoms. The summed E-state index contributed by atoms with van der Waals surface area (Å²) in [6, 6.07) is 110. The molecule has 0 unspecified atom stereocenters. The number of benzene rings is 14. The van der Waals surface area contributed by atoms with Gasteiger partial charge in [-0.1, -0.05) is 224 Å². The number of anilines is 3. The Morgan fingerprint density at radius 2 is 0.605 bits per heavy atom. The summed E-state index contributed by atoms with van der Waals surface area (Å²) in [6.45, 7) is 0. The molecule has 0 aliphatic rings. The molecule has 0 N–H and O–H groups in total. The van der Waals surface area contributed by atoms with Crippen molar-refractivity contribution in [3.63, 3.8) is 0 Å². The monoisotopic (exact) mass is 1030 g/mol. The predicted molar refractivity (Wildman–Crippen MR) is 342 cm³/mol. The first-order chi connectivity index (χ1) is 40.1. The van der Waals surface area contributed by atoms with E-state index in [9.17, 15) is 0 Å². The van der Waals surface area contributed by atoms with Crippen molar-refractivity contribution >= 4 is 93.1 Å². The van der Waals surface area contributed by atoms with E-state index in [1.54, 1.807) is 0 Å². The van der Waals surface area contributed by atoms with Crippen molar-refractivity contribution in [2.75, 3.05) is 4.90 Å². The van der Waals surface area contributed by atoms with Gasteiger partial charge < -0.3 is 13.9 Å². The summed E-state index contributed by atoms with van der Waals surface area (Å²) in [5, 5.41) is 12.3. The zero-order valence-corrected chi connectivity index (χ0v) is 44.2. The average Bonchev–Trinajstić information content (AvgIpc) is 4.24. The lowest BCUT2D eigenvalue weighted by Gasteiger charge is -2.26. The van der Waals surface area contributed by atoms with Crippen molar-refractivity contribution in [3.8, 4) is 61.3 Å². The van der Waals surface area contributed by atoms with Gasteiger partial charge >= 0.3 is 0 Å². The standard InChI is InChI=1S/C78H50N2O/c1-3-15-51(16-4-1)53-29-31-55(32-30-53)58-38-45-74-72(49-58)73-50-59(39-46-75(73)80(74)63-20-13-19-57(47-63)60-37-44-68-66-23-8-7-21-64(66)65-22-9-10-24-67(65)71(68)48-60)56-35-42-62(43-36-56)79(61-40-33-54(34-41-61)52-17-5-2-6-18-52)76-27-14-26-70-69-25-11-12-28-77(69)81-78(70)76/h1-50H. The molecular formula is C78H50N2O. The van der Waals surface area contributed by atoms with Crippen LogP contribution in [-0.4, -0.2) is 4.57 Å². The van der Waals surface area contributed by atoms with Crippen LogP contribution in [-0.2, 0) is 0 Å². The molecule has 0 aliphatic heterocycles. The van der Waals surface area contributed by atoms with E-state index in [1.807, 2.05) is 6.07 Å². The number of furan rings is 1. The van der Waals surface area contributed by atoms with Gasteiger partial charge in [0.25, 0.3) is 0 Å². The normalized spacial score (nSPS) is 11.7. The lowest BCUT2D eigenvalue weighted by atomic mass is 9.92. The molecule has 16 aromatic rings. The number of aromatic nitrogens is 1. The van der Waals surface area contributed by atoms with E-state index in [-0.39, 0.29) is 0 Å². The van der Waals surface area contributed by atoms with Crippen LogP contribution in [0.1, 0.15) is 0 Å². The summed E-state index contributed by atoms with van der Waals surface area (Å²) in [7, 11) is 0. The third-order valence-corrected chi connectivity index (χ3v) is 16.6. The summed E-state index contributed by atoms with van der Waals surface area (Å²) >= 11 is 0. The molecule has 3 nitrogen and oxygen atoms in total. The van der Waals surface area contributed by atoms with Crippen LogP contribution in [0.4, 0.5) is 17.1 Å². The van der Waals surface area contributed by atoms with Crippen molar-refractivity contribution in [2.45, 2.75) is 0 Å². The molecule has 0 fully saturated rings. The highest BCUT2D eigenvalue weighted by Crippen LogP contribution is 2.45. The van der Waals surface area contributed by atoms with Crippen LogP contribution in [0.5, 0.6) is 0 Å². The van der Waals surface area contributed by atoms with E-state index in [0.29, 0.717) is 0 Å². The molecule has 0 saturated heterocycles. The molecule has 378 valence electrons. The second-order valence-electron chi connectivity index (χ2n) is 21.2. The quantitative estimate of drug-likeness (QED) is 0.134. The van der Waals surface area contributed by atoms with Gasteiger partial charge in [-0.2, -0.15) is 0 Å². The number of nitrogens with zero attached hydrogens (tertiary/aromatic N) is 2. The number of rotatable bonds is 9. The number of fused-ring (bicyclic) bond motifs is 12. The smallest absolute Gasteiger partial charge is 0.159 e. The molecule has 0 atom stereocenters. The maximum atomic E-state index is 6.69. The van der Waals surface area contributed by atoms with Gasteiger partial charge in [0.1, 0.15) is 5.58 Å². The van der Waals surface area contributed by atoms with E-state index in [4.69, 9.17) is 4.42 Å². The molecule has 16 rings (SSSR count). The second kappa shape index (κ2) is 19.0. The molecule has 0 amide bonds. The zero-order valence-electron chi connectivity index (χ0n) is 44.2. The van der Waals surface area contributed by atoms with Crippen LogP contribution in [0.15, 0.2) is 308 Å². The largest absolute Gasteiger partial charge is 0.454 e. The molecule has 81 heavy (non-hydrogen) atoms. The number of para-hydroxylation sites is 2. The zero-order chi connectivity index (χ0) is 53.4. The molecular weight excluding hydrogens is 981 g/mol. The molecule has 0 saturated carbocycles. The first kappa shape index (κ1) is 46.4. The lowest BCUT2D eigenvalue weighted by molar-refractivity contribution is 0.669. The molecule has 0 spiro atoms. The fraction of sp³-hybridized carbons (Fsp3) is 0. The van der Waals surface area contributed by atoms with Gasteiger partial charge in [0.05, 0.1) is 16.7 Å². The van der Waals surface area contributed by atoms with Crippen LogP contribution in [0.2, 0.25) is 0 Å². The Bertz CT molecular complexity index is 5040. The van der Waals surface area contributed by atoms with Gasteiger partial charge in [-0.3, -0.25) is 0 Å². The summed E-state index contributed by atoms with van der Waals surface area (Å²) in [5.41, 5.74) is 20.0. The lowest BCUT2D eigenvalue weighted by Crippen LogP contribution is -2.10. The second-order valence-corrected chi connectivity index (χ2v) is 21.2. The molecule has 2 heterocycles. The fourth-order valence-electron chi connectivity index (χ4n) is 12.6. The van der Waals surface area contributed by atoms with Crippen molar-refractivity contribution in [1.82, 2.24) is 4.57 Å². The Hall–Kier alpha value is -10.7. The van der Waals surface area contributed by atoms with E-state index in [2.05, 4.69) is 307 Å². The molecule has 0 radical (unpaired) electrons. The van der Waals surface area contributed by atoms with Crippen molar-refractivity contribution in [2.24, 2.45) is 0 Å². The van der Waals surface area contributed by atoms with Crippen LogP contribution in [0.25, 0.3) is 137 Å². The SMILES string of the molecule is c1ccc(-c2ccc(-c3ccc4c(c3)c3cc(-c5ccc(N(c6ccc(-c7ccccc7)cc6)c6cccc7c6oc6ccccc67)cc5)ccc3n4-c3cccc(-c4ccc5c6ccccc6c6ccccc6c5c4)c3)cc2)cc1. The third kappa shape index (κ3) is 7.89. The van der Waals surface area contributed by atoms with Gasteiger partial charge in [0.2, 0.25) is 0 Å². The first-order valence-corrected chi connectivity index (χ1v) is 27.8. The van der Waals surface area contributed by atoms with Crippen LogP contribution in [0, 0.1) is 0 Å². The Labute approximate surface area is 469 Å².